The van der Waals surface area contributed by atoms with E-state index in [1.807, 2.05) is 28.8 Å². The molecule has 0 saturated heterocycles. The van der Waals surface area contributed by atoms with Crippen molar-refractivity contribution in [2.75, 3.05) is 0 Å². The Morgan fingerprint density at radius 2 is 1.92 bits per heavy atom. The molecule has 2 aromatic heterocycles. The van der Waals surface area contributed by atoms with Crippen LogP contribution in [0.1, 0.15) is 28.9 Å². The largest absolute Gasteiger partial charge is 0.330 e. The monoisotopic (exact) mass is 327 g/mol. The number of pyridine rings is 1. The lowest BCUT2D eigenvalue weighted by Gasteiger charge is -2.22. The minimum Gasteiger partial charge on any atom is -0.330 e. The van der Waals surface area contributed by atoms with E-state index < -0.39 is 23.1 Å². The van der Waals surface area contributed by atoms with Gasteiger partial charge >= 0.3 is 0 Å². The maximum Gasteiger partial charge on any atom is 0.260 e. The molecule has 0 spiro atoms. The molecular weight excluding hydrogens is 312 g/mol. The Bertz CT molecular complexity index is 897. The van der Waals surface area contributed by atoms with Crippen LogP contribution in [0, 0.1) is 11.6 Å². The number of fused-ring (bicyclic) bond motifs is 1. The van der Waals surface area contributed by atoms with Crippen molar-refractivity contribution < 1.29 is 13.6 Å². The standard InChI is InChI=1S/C18H15F2N3O/c19-14-4-3-5-15(20)17(14)18(24)23(12-7-8-12)11-13-10-21-16-6-1-2-9-22(13)16/h1-6,9-10,12H,7-8,11H2. The van der Waals surface area contributed by atoms with Gasteiger partial charge in [-0.25, -0.2) is 13.8 Å². The minimum absolute atomic E-state index is 0.0192. The first-order valence-corrected chi connectivity index (χ1v) is 7.81. The number of hydrogen-bond donors (Lipinski definition) is 0. The van der Waals surface area contributed by atoms with Crippen LogP contribution in [0.25, 0.3) is 5.65 Å². The lowest BCUT2D eigenvalue weighted by atomic mass is 10.1. The molecule has 1 fully saturated rings. The van der Waals surface area contributed by atoms with E-state index in [1.165, 1.54) is 11.0 Å². The number of halogens is 2. The Labute approximate surface area is 137 Å². The van der Waals surface area contributed by atoms with Gasteiger partial charge in [-0.2, -0.15) is 0 Å². The topological polar surface area (TPSA) is 37.6 Å². The van der Waals surface area contributed by atoms with Gasteiger partial charge in [-0.15, -0.1) is 0 Å². The summed E-state index contributed by atoms with van der Waals surface area (Å²) < 4.78 is 29.8. The summed E-state index contributed by atoms with van der Waals surface area (Å²) >= 11 is 0. The smallest absolute Gasteiger partial charge is 0.260 e. The molecule has 1 aliphatic carbocycles. The van der Waals surface area contributed by atoms with E-state index in [0.717, 1.165) is 36.3 Å². The summed E-state index contributed by atoms with van der Waals surface area (Å²) in [5.41, 5.74) is 1.09. The lowest BCUT2D eigenvalue weighted by Crippen LogP contribution is -2.34. The van der Waals surface area contributed by atoms with Gasteiger partial charge in [0.05, 0.1) is 18.4 Å². The second kappa shape index (κ2) is 5.70. The zero-order valence-corrected chi connectivity index (χ0v) is 12.8. The van der Waals surface area contributed by atoms with E-state index in [2.05, 4.69) is 4.98 Å². The molecular formula is C18H15F2N3O. The van der Waals surface area contributed by atoms with Crippen molar-refractivity contribution >= 4 is 11.6 Å². The summed E-state index contributed by atoms with van der Waals surface area (Å²) in [6.07, 6.45) is 5.24. The van der Waals surface area contributed by atoms with Crippen molar-refractivity contribution in [2.24, 2.45) is 0 Å². The van der Waals surface area contributed by atoms with E-state index in [-0.39, 0.29) is 12.6 Å². The number of imidazole rings is 1. The number of nitrogens with zero attached hydrogens (tertiary/aromatic N) is 3. The van der Waals surface area contributed by atoms with Crippen LogP contribution in [-0.2, 0) is 6.54 Å². The normalized spacial score (nSPS) is 14.1. The molecule has 3 aromatic rings. The van der Waals surface area contributed by atoms with E-state index in [1.54, 1.807) is 6.20 Å². The van der Waals surface area contributed by atoms with E-state index >= 15 is 0 Å². The Kier molecular flexibility index (Phi) is 3.52. The molecule has 2 heterocycles. The SMILES string of the molecule is O=C(c1c(F)cccc1F)N(Cc1cnc2ccccn12)C1CC1. The van der Waals surface area contributed by atoms with Gasteiger partial charge in [0, 0.05) is 12.2 Å². The molecule has 24 heavy (non-hydrogen) atoms. The number of carbonyl (C=O) groups excluding carboxylic acids is 1. The lowest BCUT2D eigenvalue weighted by molar-refractivity contribution is 0.0717. The third-order valence-electron chi connectivity index (χ3n) is 4.25. The summed E-state index contributed by atoms with van der Waals surface area (Å²) in [7, 11) is 0. The van der Waals surface area contributed by atoms with Crippen LogP contribution in [0.2, 0.25) is 0 Å². The number of aromatic nitrogens is 2. The molecule has 0 aliphatic heterocycles. The number of benzene rings is 1. The molecule has 1 saturated carbocycles. The number of hydrogen-bond acceptors (Lipinski definition) is 2. The van der Waals surface area contributed by atoms with Crippen LogP contribution in [0.15, 0.2) is 48.8 Å². The summed E-state index contributed by atoms with van der Waals surface area (Å²) in [6, 6.07) is 9.11. The second-order valence-electron chi connectivity index (χ2n) is 5.94. The van der Waals surface area contributed by atoms with Gasteiger partial charge in [0.15, 0.2) is 0 Å². The molecule has 0 N–H and O–H groups in total. The highest BCUT2D eigenvalue weighted by atomic mass is 19.1. The number of rotatable bonds is 4. The Hall–Kier alpha value is -2.76. The Morgan fingerprint density at radius 1 is 1.17 bits per heavy atom. The van der Waals surface area contributed by atoms with Gasteiger partial charge in [-0.05, 0) is 37.1 Å². The summed E-state index contributed by atoms with van der Waals surface area (Å²) in [5.74, 6) is -2.27. The molecule has 0 unspecified atom stereocenters. The van der Waals surface area contributed by atoms with Crippen molar-refractivity contribution in [2.45, 2.75) is 25.4 Å². The average molecular weight is 327 g/mol. The molecule has 4 nitrogen and oxygen atoms in total. The molecule has 122 valence electrons. The molecule has 1 amide bonds. The van der Waals surface area contributed by atoms with Crippen LogP contribution in [0.5, 0.6) is 0 Å². The molecule has 1 aromatic carbocycles. The van der Waals surface area contributed by atoms with Crippen LogP contribution in [0.3, 0.4) is 0 Å². The number of amides is 1. The third kappa shape index (κ3) is 2.54. The first-order valence-electron chi connectivity index (χ1n) is 7.81. The van der Waals surface area contributed by atoms with Crippen LogP contribution in [0.4, 0.5) is 8.78 Å². The summed E-state index contributed by atoms with van der Waals surface area (Å²) in [5, 5.41) is 0. The van der Waals surface area contributed by atoms with Gasteiger partial charge in [0.2, 0.25) is 0 Å². The highest BCUT2D eigenvalue weighted by Crippen LogP contribution is 2.31. The van der Waals surface area contributed by atoms with Crippen LogP contribution < -0.4 is 0 Å². The third-order valence-corrected chi connectivity index (χ3v) is 4.25. The quantitative estimate of drug-likeness (QED) is 0.736. The predicted octanol–water partition coefficient (Wildman–Crippen LogP) is 3.42. The predicted molar refractivity (Wildman–Crippen MR) is 84.4 cm³/mol. The van der Waals surface area contributed by atoms with Crippen LogP contribution in [-0.4, -0.2) is 26.2 Å². The molecule has 0 radical (unpaired) electrons. The summed E-state index contributed by atoms with van der Waals surface area (Å²) in [4.78, 5) is 18.6. The zero-order valence-electron chi connectivity index (χ0n) is 12.8. The fourth-order valence-electron chi connectivity index (χ4n) is 2.88. The van der Waals surface area contributed by atoms with E-state index in [9.17, 15) is 13.6 Å². The van der Waals surface area contributed by atoms with Gasteiger partial charge < -0.3 is 9.30 Å². The van der Waals surface area contributed by atoms with Gasteiger partial charge in [0.25, 0.3) is 5.91 Å². The van der Waals surface area contributed by atoms with Crippen molar-refractivity contribution in [1.29, 1.82) is 0 Å². The highest BCUT2D eigenvalue weighted by molar-refractivity contribution is 5.95. The zero-order chi connectivity index (χ0) is 16.7. The van der Waals surface area contributed by atoms with Crippen molar-refractivity contribution in [3.05, 3.63) is 71.7 Å². The van der Waals surface area contributed by atoms with E-state index in [4.69, 9.17) is 0 Å². The fraction of sp³-hybridized carbons (Fsp3) is 0.222. The second-order valence-corrected chi connectivity index (χ2v) is 5.94. The molecule has 4 rings (SSSR count). The first kappa shape index (κ1) is 14.8. The Balaban J connectivity index is 1.69. The van der Waals surface area contributed by atoms with Crippen molar-refractivity contribution in [3.63, 3.8) is 0 Å². The van der Waals surface area contributed by atoms with Crippen molar-refractivity contribution in [3.8, 4) is 0 Å². The molecule has 6 heteroatoms. The van der Waals surface area contributed by atoms with Gasteiger partial charge in [-0.1, -0.05) is 12.1 Å². The fourth-order valence-corrected chi connectivity index (χ4v) is 2.88. The van der Waals surface area contributed by atoms with Crippen molar-refractivity contribution in [1.82, 2.24) is 14.3 Å². The van der Waals surface area contributed by atoms with Crippen LogP contribution >= 0.6 is 0 Å². The minimum atomic E-state index is -0.830. The maximum absolute atomic E-state index is 14.0. The van der Waals surface area contributed by atoms with Gasteiger partial charge in [0.1, 0.15) is 22.8 Å². The van der Waals surface area contributed by atoms with Gasteiger partial charge in [-0.3, -0.25) is 4.79 Å². The molecule has 0 atom stereocenters. The average Bonchev–Trinajstić information content (AvgIpc) is 3.33. The number of carbonyl (C=O) groups is 1. The first-order chi connectivity index (χ1) is 11.6. The summed E-state index contributed by atoms with van der Waals surface area (Å²) in [6.45, 7) is 0.266. The molecule has 1 aliphatic rings. The highest BCUT2D eigenvalue weighted by Gasteiger charge is 2.35. The Morgan fingerprint density at radius 3 is 2.62 bits per heavy atom. The van der Waals surface area contributed by atoms with E-state index in [0.29, 0.717) is 0 Å². The molecule has 0 bridgehead atoms. The maximum atomic E-state index is 14.0.